The summed E-state index contributed by atoms with van der Waals surface area (Å²) in [5, 5.41) is 15.5. The Hall–Kier alpha value is -7.75. The molecule has 0 unspecified atom stereocenters. The Morgan fingerprint density at radius 2 is 0.759 bits per heavy atom. The van der Waals surface area contributed by atoms with E-state index in [0.717, 1.165) is 39.2 Å². The minimum absolute atomic E-state index is 0.692. The van der Waals surface area contributed by atoms with Gasteiger partial charge in [0.15, 0.2) is 5.82 Å². The second kappa shape index (κ2) is 12.9. The molecule has 0 saturated heterocycles. The molecule has 268 valence electrons. The highest BCUT2D eigenvalue weighted by atomic mass is 14.9. The highest BCUT2D eigenvalue weighted by Gasteiger charge is 2.17. The molecule has 12 aromatic rings. The Morgan fingerprint density at radius 1 is 0.276 bits per heavy atom. The highest BCUT2D eigenvalue weighted by molar-refractivity contribution is 6.37. The zero-order chi connectivity index (χ0) is 38.2. The first kappa shape index (κ1) is 32.5. The largest absolute Gasteiger partial charge is 0.264 e. The molecule has 0 saturated carbocycles. The summed E-state index contributed by atoms with van der Waals surface area (Å²) in [5.74, 6) is 0.692. The van der Waals surface area contributed by atoms with Crippen LogP contribution in [0.25, 0.3) is 121 Å². The standard InChI is InChI=1S/C55H33N3/c1-2-8-41(9-3-1)55-57-49(32-50(58-55)43-13-7-29-56-33-43)37-23-21-35(22-24-37)34-17-19-36(20-18-34)44-30-42-28-27-40-11-5-15-46-45-14-4-10-38-25-26-39-12-6-16-47(53(39)51(38)45)48(31-44)54(42)52(40)46/h1-33H. The zero-order valence-electron chi connectivity index (χ0n) is 31.4. The third-order valence-electron chi connectivity index (χ3n) is 11.9. The fourth-order valence-electron chi connectivity index (χ4n) is 9.11. The van der Waals surface area contributed by atoms with Gasteiger partial charge in [-0.25, -0.2) is 9.97 Å². The van der Waals surface area contributed by atoms with Gasteiger partial charge in [0, 0.05) is 29.1 Å². The average molecular weight is 736 g/mol. The number of benzene rings is 9. The molecule has 3 heteroatoms. The molecule has 3 nitrogen and oxygen atoms in total. The second-order valence-corrected chi connectivity index (χ2v) is 15.2. The first-order chi connectivity index (χ1) is 28.7. The van der Waals surface area contributed by atoms with Crippen LogP contribution in [0, 0.1) is 0 Å². The molecule has 0 N–H and O–H groups in total. The van der Waals surface area contributed by atoms with E-state index < -0.39 is 0 Å². The summed E-state index contributed by atoms with van der Waals surface area (Å²) in [5.41, 5.74) is 9.40. The maximum absolute atomic E-state index is 5.02. The summed E-state index contributed by atoms with van der Waals surface area (Å²) < 4.78 is 0. The van der Waals surface area contributed by atoms with Crippen molar-refractivity contribution in [1.82, 2.24) is 15.0 Å². The predicted octanol–water partition coefficient (Wildman–Crippen LogP) is 14.6. The number of nitrogens with zero attached hydrogens (tertiary/aromatic N) is 3. The van der Waals surface area contributed by atoms with Crippen molar-refractivity contribution in [2.45, 2.75) is 0 Å². The number of hydrogen-bond donors (Lipinski definition) is 0. The average Bonchev–Trinajstić information content (AvgIpc) is 3.30. The van der Waals surface area contributed by atoms with E-state index in [1.165, 1.54) is 75.8 Å². The Labute approximate surface area is 334 Å². The van der Waals surface area contributed by atoms with Crippen LogP contribution in [-0.2, 0) is 0 Å². The minimum Gasteiger partial charge on any atom is -0.264 e. The van der Waals surface area contributed by atoms with E-state index in [1.807, 2.05) is 48.7 Å². The smallest absolute Gasteiger partial charge is 0.160 e. The van der Waals surface area contributed by atoms with E-state index in [2.05, 4.69) is 151 Å². The predicted molar refractivity (Wildman–Crippen MR) is 243 cm³/mol. The van der Waals surface area contributed by atoms with Crippen molar-refractivity contribution in [2.75, 3.05) is 0 Å². The van der Waals surface area contributed by atoms with Crippen LogP contribution in [0.15, 0.2) is 200 Å². The normalized spacial score (nSPS) is 11.8. The maximum atomic E-state index is 5.02. The second-order valence-electron chi connectivity index (χ2n) is 15.2. The fraction of sp³-hybridized carbons (Fsp3) is 0. The van der Waals surface area contributed by atoms with Crippen molar-refractivity contribution >= 4 is 64.6 Å². The monoisotopic (exact) mass is 735 g/mol. The lowest BCUT2D eigenvalue weighted by atomic mass is 9.86. The Morgan fingerprint density at radius 3 is 1.33 bits per heavy atom. The van der Waals surface area contributed by atoms with E-state index in [-0.39, 0.29) is 0 Å². The van der Waals surface area contributed by atoms with Crippen LogP contribution in [0.4, 0.5) is 0 Å². The van der Waals surface area contributed by atoms with E-state index in [4.69, 9.17) is 9.97 Å². The lowest BCUT2D eigenvalue weighted by Crippen LogP contribution is -1.96. The molecule has 0 aliphatic carbocycles. The number of pyridine rings is 1. The Balaban J connectivity index is 0.966. The summed E-state index contributed by atoms with van der Waals surface area (Å²) in [6.07, 6.45) is 3.63. The van der Waals surface area contributed by atoms with Crippen molar-refractivity contribution in [3.8, 4) is 56.2 Å². The summed E-state index contributed by atoms with van der Waals surface area (Å²) in [6, 6.07) is 68.1. The molecule has 2 heterocycles. The van der Waals surface area contributed by atoms with E-state index in [1.54, 1.807) is 6.20 Å². The molecule has 0 amide bonds. The third-order valence-corrected chi connectivity index (χ3v) is 11.9. The Kier molecular flexibility index (Phi) is 7.23. The van der Waals surface area contributed by atoms with Crippen molar-refractivity contribution in [1.29, 1.82) is 0 Å². The van der Waals surface area contributed by atoms with E-state index in [9.17, 15) is 0 Å². The topological polar surface area (TPSA) is 38.7 Å². The molecule has 0 aliphatic heterocycles. The van der Waals surface area contributed by atoms with Gasteiger partial charge in [-0.1, -0.05) is 158 Å². The van der Waals surface area contributed by atoms with Crippen LogP contribution in [0.2, 0.25) is 0 Å². The molecule has 58 heavy (non-hydrogen) atoms. The lowest BCUT2D eigenvalue weighted by molar-refractivity contribution is 1.18. The third kappa shape index (κ3) is 5.18. The molecular weight excluding hydrogens is 703 g/mol. The van der Waals surface area contributed by atoms with Gasteiger partial charge in [0.1, 0.15) is 0 Å². The van der Waals surface area contributed by atoms with E-state index >= 15 is 0 Å². The molecule has 0 atom stereocenters. The molecule has 0 fully saturated rings. The molecule has 10 aromatic carbocycles. The van der Waals surface area contributed by atoms with Crippen molar-refractivity contribution in [3.05, 3.63) is 200 Å². The van der Waals surface area contributed by atoms with Gasteiger partial charge >= 0.3 is 0 Å². The lowest BCUT2D eigenvalue weighted by Gasteiger charge is -2.17. The van der Waals surface area contributed by atoms with Gasteiger partial charge in [0.05, 0.1) is 11.4 Å². The Bertz CT molecular complexity index is 3460. The molecule has 0 radical (unpaired) electrons. The molecule has 0 aliphatic rings. The van der Waals surface area contributed by atoms with Crippen LogP contribution < -0.4 is 0 Å². The highest BCUT2D eigenvalue weighted by Crippen LogP contribution is 2.44. The van der Waals surface area contributed by atoms with Crippen LogP contribution >= 0.6 is 0 Å². The van der Waals surface area contributed by atoms with Crippen molar-refractivity contribution < 1.29 is 0 Å². The van der Waals surface area contributed by atoms with Gasteiger partial charge in [-0.05, 0) is 117 Å². The maximum Gasteiger partial charge on any atom is 0.160 e. The number of hydrogen-bond acceptors (Lipinski definition) is 3. The van der Waals surface area contributed by atoms with E-state index in [0.29, 0.717) is 5.82 Å². The number of aromatic nitrogens is 3. The number of rotatable bonds is 5. The summed E-state index contributed by atoms with van der Waals surface area (Å²) in [6.45, 7) is 0. The van der Waals surface area contributed by atoms with Crippen molar-refractivity contribution in [3.63, 3.8) is 0 Å². The first-order valence-electron chi connectivity index (χ1n) is 19.7. The van der Waals surface area contributed by atoms with Crippen LogP contribution in [0.3, 0.4) is 0 Å². The van der Waals surface area contributed by atoms with Crippen LogP contribution in [-0.4, -0.2) is 15.0 Å². The van der Waals surface area contributed by atoms with Gasteiger partial charge < -0.3 is 0 Å². The molecule has 0 bridgehead atoms. The summed E-state index contributed by atoms with van der Waals surface area (Å²) >= 11 is 0. The molecule has 12 rings (SSSR count). The van der Waals surface area contributed by atoms with Gasteiger partial charge in [-0.2, -0.15) is 0 Å². The number of fused-ring (bicyclic) bond motifs is 2. The van der Waals surface area contributed by atoms with Gasteiger partial charge in [-0.15, -0.1) is 0 Å². The first-order valence-corrected chi connectivity index (χ1v) is 19.7. The van der Waals surface area contributed by atoms with Gasteiger partial charge in [0.2, 0.25) is 0 Å². The van der Waals surface area contributed by atoms with Crippen LogP contribution in [0.5, 0.6) is 0 Å². The quantitative estimate of drug-likeness (QED) is 0.165. The fourth-order valence-corrected chi connectivity index (χ4v) is 9.11. The molecular formula is C55H33N3. The van der Waals surface area contributed by atoms with Gasteiger partial charge in [0.25, 0.3) is 0 Å². The SMILES string of the molecule is c1ccc(-c2nc(-c3ccc(-c4ccc(-c5cc6ccc7cccc8c9cccc%10ccc%11cccc(c(c5)c6c78)c%11c%109)cc4)cc3)cc(-c3cccnc3)n2)cc1. The summed E-state index contributed by atoms with van der Waals surface area (Å²) in [7, 11) is 0. The van der Waals surface area contributed by atoms with Crippen molar-refractivity contribution in [2.24, 2.45) is 0 Å². The minimum atomic E-state index is 0.692. The van der Waals surface area contributed by atoms with Gasteiger partial charge in [-0.3, -0.25) is 4.98 Å². The molecule has 0 spiro atoms. The summed E-state index contributed by atoms with van der Waals surface area (Å²) in [4.78, 5) is 14.3. The molecule has 2 aromatic heterocycles. The van der Waals surface area contributed by atoms with Crippen LogP contribution in [0.1, 0.15) is 0 Å². The zero-order valence-corrected chi connectivity index (χ0v) is 31.4.